The van der Waals surface area contributed by atoms with Crippen LogP contribution in [0.4, 0.5) is 0 Å². The predicted octanol–water partition coefficient (Wildman–Crippen LogP) is 2.36. The highest BCUT2D eigenvalue weighted by molar-refractivity contribution is 6.33. The smallest absolute Gasteiger partial charge is 0.183 e. The molecule has 2 aliphatic heterocycles. The van der Waals surface area contributed by atoms with Gasteiger partial charge >= 0.3 is 0 Å². The Hall–Kier alpha value is -1.13. The fourth-order valence-corrected chi connectivity index (χ4v) is 3.01. The zero-order chi connectivity index (χ0) is 13.2. The number of aromatic hydroxyl groups is 1. The number of hydrogen-bond donors (Lipinski definition) is 2. The van der Waals surface area contributed by atoms with Gasteiger partial charge in [0.05, 0.1) is 0 Å². The number of fused-ring (bicyclic) bond motifs is 1. The van der Waals surface area contributed by atoms with Crippen LogP contribution in [0.1, 0.15) is 18.4 Å². The predicted molar refractivity (Wildman–Crippen MR) is 73.4 cm³/mol. The molecule has 0 bridgehead atoms. The van der Waals surface area contributed by atoms with Crippen molar-refractivity contribution in [2.75, 3.05) is 26.3 Å². The number of hydrogen-bond acceptors (Lipinski definition) is 4. The van der Waals surface area contributed by atoms with Crippen molar-refractivity contribution in [3.63, 3.8) is 0 Å². The normalized spacial score (nSPS) is 19.4. The summed E-state index contributed by atoms with van der Waals surface area (Å²) in [5.41, 5.74) is 0.862. The summed E-state index contributed by atoms with van der Waals surface area (Å²) < 4.78 is 11.0. The van der Waals surface area contributed by atoms with Gasteiger partial charge in [0, 0.05) is 0 Å². The molecule has 0 amide bonds. The quantitative estimate of drug-likeness (QED) is 0.875. The Morgan fingerprint density at radius 3 is 2.79 bits per heavy atom. The van der Waals surface area contributed by atoms with Gasteiger partial charge < -0.3 is 19.9 Å². The number of halogens is 1. The van der Waals surface area contributed by atoms with E-state index in [0.29, 0.717) is 30.6 Å². The van der Waals surface area contributed by atoms with E-state index in [0.717, 1.165) is 37.9 Å². The van der Waals surface area contributed by atoms with Crippen molar-refractivity contribution < 1.29 is 14.6 Å². The van der Waals surface area contributed by atoms with Crippen LogP contribution in [0, 0.1) is 5.92 Å². The number of nitrogens with one attached hydrogen (secondary N) is 1. The van der Waals surface area contributed by atoms with Gasteiger partial charge in [-0.15, -0.1) is 0 Å². The van der Waals surface area contributed by atoms with E-state index in [1.165, 1.54) is 0 Å². The first-order valence-corrected chi connectivity index (χ1v) is 7.14. The third-order valence-corrected chi connectivity index (χ3v) is 4.15. The van der Waals surface area contributed by atoms with Gasteiger partial charge in [-0.2, -0.15) is 0 Å². The zero-order valence-corrected chi connectivity index (χ0v) is 11.5. The van der Waals surface area contributed by atoms with E-state index in [4.69, 9.17) is 21.1 Å². The summed E-state index contributed by atoms with van der Waals surface area (Å²) in [5, 5.41) is 13.8. The first kappa shape index (κ1) is 12.9. The average Bonchev–Trinajstić information content (AvgIpc) is 2.46. The molecule has 2 N–H and O–H groups in total. The first-order chi connectivity index (χ1) is 9.25. The molecule has 0 aromatic heterocycles. The van der Waals surface area contributed by atoms with Crippen molar-refractivity contribution in [3.8, 4) is 17.2 Å². The summed E-state index contributed by atoms with van der Waals surface area (Å²) >= 11 is 6.17. The number of phenols is 1. The van der Waals surface area contributed by atoms with Crippen molar-refractivity contribution in [1.82, 2.24) is 5.32 Å². The van der Waals surface area contributed by atoms with Gasteiger partial charge in [0.2, 0.25) is 0 Å². The summed E-state index contributed by atoms with van der Waals surface area (Å²) in [6, 6.07) is 1.87. The van der Waals surface area contributed by atoms with Gasteiger partial charge in [0.15, 0.2) is 11.5 Å². The summed E-state index contributed by atoms with van der Waals surface area (Å²) in [7, 11) is 0. The molecule has 1 saturated heterocycles. The Morgan fingerprint density at radius 2 is 2.00 bits per heavy atom. The zero-order valence-electron chi connectivity index (χ0n) is 10.7. The summed E-state index contributed by atoms with van der Waals surface area (Å²) in [6.07, 6.45) is 3.10. The molecule has 0 spiro atoms. The van der Waals surface area contributed by atoms with E-state index in [1.807, 2.05) is 6.07 Å². The lowest BCUT2D eigenvalue weighted by atomic mass is 9.90. The molecular formula is C14H18ClNO3. The molecule has 5 heteroatoms. The molecule has 1 aromatic rings. The first-order valence-electron chi connectivity index (χ1n) is 6.76. The maximum atomic E-state index is 10.2. The topological polar surface area (TPSA) is 50.7 Å². The van der Waals surface area contributed by atoms with Crippen LogP contribution >= 0.6 is 11.6 Å². The number of benzene rings is 1. The van der Waals surface area contributed by atoms with Crippen LogP contribution < -0.4 is 14.8 Å². The van der Waals surface area contributed by atoms with Crippen LogP contribution in [-0.2, 0) is 6.42 Å². The van der Waals surface area contributed by atoms with E-state index in [9.17, 15) is 5.11 Å². The van der Waals surface area contributed by atoms with Crippen LogP contribution in [-0.4, -0.2) is 31.4 Å². The minimum Gasteiger partial charge on any atom is -0.506 e. The Bertz CT molecular complexity index is 472. The van der Waals surface area contributed by atoms with Crippen molar-refractivity contribution in [3.05, 3.63) is 16.7 Å². The molecule has 3 rings (SSSR count). The minimum atomic E-state index is 0.143. The third kappa shape index (κ3) is 2.60. The largest absolute Gasteiger partial charge is 0.506 e. The Kier molecular flexibility index (Phi) is 3.71. The number of piperidine rings is 1. The molecular weight excluding hydrogens is 266 g/mol. The lowest BCUT2D eigenvalue weighted by molar-refractivity contribution is 0.170. The molecule has 19 heavy (non-hydrogen) atoms. The van der Waals surface area contributed by atoms with E-state index in [1.54, 1.807) is 0 Å². The lowest BCUT2D eigenvalue weighted by Gasteiger charge is -2.25. The molecule has 4 nitrogen and oxygen atoms in total. The standard InChI is InChI=1S/C14H18ClNO3/c15-12-13(17)10(7-9-1-3-16-4-2-9)8-11-14(12)19-6-5-18-11/h8-9,16-17H,1-7H2. The molecule has 0 unspecified atom stereocenters. The SMILES string of the molecule is Oc1c(CC2CCNCC2)cc2c(c1Cl)OCCO2. The Labute approximate surface area is 117 Å². The summed E-state index contributed by atoms with van der Waals surface area (Å²) in [4.78, 5) is 0. The molecule has 104 valence electrons. The van der Waals surface area contributed by atoms with Crippen LogP contribution in [0.15, 0.2) is 6.07 Å². The van der Waals surface area contributed by atoms with Gasteiger partial charge in [-0.25, -0.2) is 0 Å². The highest BCUT2D eigenvalue weighted by Gasteiger charge is 2.23. The molecule has 2 aliphatic rings. The molecule has 2 heterocycles. The monoisotopic (exact) mass is 283 g/mol. The number of phenolic OH excluding ortho intramolecular Hbond substituents is 1. The van der Waals surface area contributed by atoms with Gasteiger partial charge in [-0.3, -0.25) is 0 Å². The Balaban J connectivity index is 1.86. The molecule has 0 aliphatic carbocycles. The van der Waals surface area contributed by atoms with Crippen LogP contribution in [0.5, 0.6) is 17.2 Å². The summed E-state index contributed by atoms with van der Waals surface area (Å²) in [5.74, 6) is 1.85. The highest BCUT2D eigenvalue weighted by atomic mass is 35.5. The number of rotatable bonds is 2. The fourth-order valence-electron chi connectivity index (χ4n) is 2.74. The molecule has 0 atom stereocenters. The van der Waals surface area contributed by atoms with Gasteiger partial charge in [-0.1, -0.05) is 11.6 Å². The van der Waals surface area contributed by atoms with Crippen LogP contribution in [0.2, 0.25) is 5.02 Å². The second kappa shape index (κ2) is 5.47. The molecule has 1 aromatic carbocycles. The van der Waals surface area contributed by atoms with E-state index >= 15 is 0 Å². The lowest BCUT2D eigenvalue weighted by Crippen LogP contribution is -2.28. The fraction of sp³-hybridized carbons (Fsp3) is 0.571. The second-order valence-electron chi connectivity index (χ2n) is 5.12. The van der Waals surface area contributed by atoms with Crippen molar-refractivity contribution in [1.29, 1.82) is 0 Å². The van der Waals surface area contributed by atoms with Crippen LogP contribution in [0.3, 0.4) is 0 Å². The second-order valence-corrected chi connectivity index (χ2v) is 5.50. The number of ether oxygens (including phenoxy) is 2. The van der Waals surface area contributed by atoms with Crippen molar-refractivity contribution in [2.45, 2.75) is 19.3 Å². The molecule has 1 fully saturated rings. The highest BCUT2D eigenvalue weighted by Crippen LogP contribution is 2.45. The van der Waals surface area contributed by atoms with E-state index in [-0.39, 0.29) is 10.8 Å². The molecule has 0 radical (unpaired) electrons. The van der Waals surface area contributed by atoms with E-state index in [2.05, 4.69) is 5.32 Å². The van der Waals surface area contributed by atoms with Gasteiger partial charge in [-0.05, 0) is 49.9 Å². The van der Waals surface area contributed by atoms with E-state index < -0.39 is 0 Å². The summed E-state index contributed by atoms with van der Waals surface area (Å²) in [6.45, 7) is 3.09. The van der Waals surface area contributed by atoms with Crippen LogP contribution in [0.25, 0.3) is 0 Å². The van der Waals surface area contributed by atoms with Gasteiger partial charge in [0.1, 0.15) is 24.0 Å². The third-order valence-electron chi connectivity index (χ3n) is 3.80. The van der Waals surface area contributed by atoms with Gasteiger partial charge in [0.25, 0.3) is 0 Å². The minimum absolute atomic E-state index is 0.143. The van der Waals surface area contributed by atoms with Crippen molar-refractivity contribution >= 4 is 11.6 Å². The maximum Gasteiger partial charge on any atom is 0.183 e. The average molecular weight is 284 g/mol. The van der Waals surface area contributed by atoms with Crippen molar-refractivity contribution in [2.24, 2.45) is 5.92 Å². The molecule has 0 saturated carbocycles. The maximum absolute atomic E-state index is 10.2. The Morgan fingerprint density at radius 1 is 1.26 bits per heavy atom.